The zero-order chi connectivity index (χ0) is 8.81. The molecule has 2 N–H and O–H groups in total. The summed E-state index contributed by atoms with van der Waals surface area (Å²) in [5.74, 6) is 0. The van der Waals surface area contributed by atoms with Gasteiger partial charge in [-0.25, -0.2) is 0 Å². The van der Waals surface area contributed by atoms with Gasteiger partial charge < -0.3 is 5.73 Å². The van der Waals surface area contributed by atoms with E-state index in [2.05, 4.69) is 25.1 Å². The van der Waals surface area contributed by atoms with Crippen LogP contribution in [-0.4, -0.2) is 0 Å². The van der Waals surface area contributed by atoms with E-state index in [4.69, 9.17) is 5.73 Å². The Kier molecular flexibility index (Phi) is 3.39. The fraction of sp³-hybridized carbons (Fsp3) is 0.273. The highest BCUT2D eigenvalue weighted by Crippen LogP contribution is 2.11. The van der Waals surface area contributed by atoms with Gasteiger partial charge in [-0.15, -0.1) is 0 Å². The zero-order valence-corrected chi connectivity index (χ0v) is 7.46. The molecule has 1 aromatic rings. The number of allylic oxidation sites excluding steroid dienone is 2. The van der Waals surface area contributed by atoms with Crippen LogP contribution < -0.4 is 5.73 Å². The molecule has 1 aromatic carbocycles. The summed E-state index contributed by atoms with van der Waals surface area (Å²) in [5.41, 5.74) is 7.87. The van der Waals surface area contributed by atoms with Crippen molar-refractivity contribution in [3.05, 3.63) is 42.0 Å². The summed E-state index contributed by atoms with van der Waals surface area (Å²) in [6.07, 6.45) is 6.35. The van der Waals surface area contributed by atoms with Gasteiger partial charge in [-0.05, 0) is 24.5 Å². The molecule has 0 aliphatic heterocycles. The standard InChI is InChI=1S/C11H15N/c1-2-3-4-7-10-8-5-6-9-11(10)12/h3-6,8-9H,2,7,12H2,1H3. The van der Waals surface area contributed by atoms with Gasteiger partial charge in [0, 0.05) is 5.69 Å². The lowest BCUT2D eigenvalue weighted by Gasteiger charge is -2.00. The quantitative estimate of drug-likeness (QED) is 0.535. The van der Waals surface area contributed by atoms with Crippen molar-refractivity contribution in [1.29, 1.82) is 0 Å². The molecule has 0 fully saturated rings. The van der Waals surface area contributed by atoms with Crippen LogP contribution in [0.2, 0.25) is 0 Å². The van der Waals surface area contributed by atoms with E-state index in [0.717, 1.165) is 18.5 Å². The van der Waals surface area contributed by atoms with Crippen LogP contribution in [-0.2, 0) is 6.42 Å². The number of rotatable bonds is 3. The number of benzene rings is 1. The van der Waals surface area contributed by atoms with E-state index in [1.807, 2.05) is 18.2 Å². The second kappa shape index (κ2) is 4.60. The summed E-state index contributed by atoms with van der Waals surface area (Å²) in [4.78, 5) is 0. The molecule has 1 nitrogen and oxygen atoms in total. The fourth-order valence-electron chi connectivity index (χ4n) is 1.10. The van der Waals surface area contributed by atoms with Gasteiger partial charge in [0.1, 0.15) is 0 Å². The van der Waals surface area contributed by atoms with Crippen LogP contribution in [0.5, 0.6) is 0 Å². The number of hydrogen-bond donors (Lipinski definition) is 1. The molecular formula is C11H15N. The first-order chi connectivity index (χ1) is 5.84. The minimum absolute atomic E-state index is 0.887. The van der Waals surface area contributed by atoms with Crippen LogP contribution in [0.25, 0.3) is 0 Å². The van der Waals surface area contributed by atoms with Crippen LogP contribution in [0, 0.1) is 0 Å². The van der Waals surface area contributed by atoms with E-state index in [1.54, 1.807) is 0 Å². The molecule has 0 aliphatic rings. The summed E-state index contributed by atoms with van der Waals surface area (Å²) in [6.45, 7) is 2.13. The van der Waals surface area contributed by atoms with Gasteiger partial charge >= 0.3 is 0 Å². The SMILES string of the molecule is CCC=CCc1ccccc1N. The molecule has 12 heavy (non-hydrogen) atoms. The fourth-order valence-corrected chi connectivity index (χ4v) is 1.10. The molecule has 1 heteroatoms. The lowest BCUT2D eigenvalue weighted by molar-refractivity contribution is 1.18. The lowest BCUT2D eigenvalue weighted by Crippen LogP contribution is -1.91. The van der Waals surface area contributed by atoms with E-state index in [1.165, 1.54) is 5.56 Å². The molecule has 1 rings (SSSR count). The van der Waals surface area contributed by atoms with Gasteiger partial charge in [-0.2, -0.15) is 0 Å². The molecule has 0 aromatic heterocycles. The number of nitrogen functional groups attached to an aromatic ring is 1. The van der Waals surface area contributed by atoms with E-state index >= 15 is 0 Å². The normalized spacial score (nSPS) is 10.8. The highest BCUT2D eigenvalue weighted by atomic mass is 14.5. The highest BCUT2D eigenvalue weighted by molar-refractivity contribution is 5.47. The van der Waals surface area contributed by atoms with Crippen LogP contribution >= 0.6 is 0 Å². The minimum atomic E-state index is 0.887. The highest BCUT2D eigenvalue weighted by Gasteiger charge is 1.92. The lowest BCUT2D eigenvalue weighted by atomic mass is 10.1. The topological polar surface area (TPSA) is 26.0 Å². The van der Waals surface area contributed by atoms with Crippen molar-refractivity contribution in [2.24, 2.45) is 0 Å². The molecule has 0 radical (unpaired) electrons. The van der Waals surface area contributed by atoms with E-state index in [0.29, 0.717) is 0 Å². The van der Waals surface area contributed by atoms with Crippen molar-refractivity contribution < 1.29 is 0 Å². The molecule has 0 bridgehead atoms. The zero-order valence-electron chi connectivity index (χ0n) is 7.46. The molecule has 0 heterocycles. The smallest absolute Gasteiger partial charge is 0.0349 e. The Bertz CT molecular complexity index is 263. The van der Waals surface area contributed by atoms with E-state index < -0.39 is 0 Å². The number of anilines is 1. The largest absolute Gasteiger partial charge is 0.398 e. The van der Waals surface area contributed by atoms with Gasteiger partial charge in [0.15, 0.2) is 0 Å². The molecule has 0 spiro atoms. The minimum Gasteiger partial charge on any atom is -0.398 e. The molecule has 0 aliphatic carbocycles. The van der Waals surface area contributed by atoms with Crippen LogP contribution in [0.3, 0.4) is 0 Å². The maximum absolute atomic E-state index is 5.77. The first kappa shape index (κ1) is 8.85. The van der Waals surface area contributed by atoms with Crippen molar-refractivity contribution >= 4 is 5.69 Å². The number of nitrogens with two attached hydrogens (primary N) is 1. The van der Waals surface area contributed by atoms with Crippen molar-refractivity contribution in [2.75, 3.05) is 5.73 Å². The average Bonchev–Trinajstić information content (AvgIpc) is 2.09. The van der Waals surface area contributed by atoms with Crippen molar-refractivity contribution in [3.8, 4) is 0 Å². The maximum Gasteiger partial charge on any atom is 0.0349 e. The predicted molar refractivity (Wildman–Crippen MR) is 54.0 cm³/mol. The molecule has 0 amide bonds. The van der Waals surface area contributed by atoms with Crippen LogP contribution in [0.15, 0.2) is 36.4 Å². The van der Waals surface area contributed by atoms with Crippen molar-refractivity contribution in [3.63, 3.8) is 0 Å². The number of hydrogen-bond acceptors (Lipinski definition) is 1. The van der Waals surface area contributed by atoms with Crippen LogP contribution in [0.1, 0.15) is 18.9 Å². The Morgan fingerprint density at radius 3 is 2.67 bits per heavy atom. The molecule has 64 valence electrons. The van der Waals surface area contributed by atoms with Crippen molar-refractivity contribution in [1.82, 2.24) is 0 Å². The van der Waals surface area contributed by atoms with Gasteiger partial charge in [0.2, 0.25) is 0 Å². The Morgan fingerprint density at radius 2 is 2.00 bits per heavy atom. The number of para-hydroxylation sites is 1. The maximum atomic E-state index is 5.77. The Balaban J connectivity index is 2.63. The summed E-state index contributed by atoms with van der Waals surface area (Å²) >= 11 is 0. The monoisotopic (exact) mass is 161 g/mol. The first-order valence-electron chi connectivity index (χ1n) is 4.33. The summed E-state index contributed by atoms with van der Waals surface area (Å²) < 4.78 is 0. The van der Waals surface area contributed by atoms with Gasteiger partial charge in [0.25, 0.3) is 0 Å². The van der Waals surface area contributed by atoms with E-state index in [9.17, 15) is 0 Å². The second-order valence-electron chi connectivity index (χ2n) is 2.78. The Hall–Kier alpha value is -1.24. The molecule has 0 saturated heterocycles. The Morgan fingerprint density at radius 1 is 1.25 bits per heavy atom. The molecule has 0 atom stereocenters. The average molecular weight is 161 g/mol. The molecule has 0 unspecified atom stereocenters. The third-order valence-corrected chi connectivity index (χ3v) is 1.80. The third-order valence-electron chi connectivity index (χ3n) is 1.80. The predicted octanol–water partition coefficient (Wildman–Crippen LogP) is 2.78. The third kappa shape index (κ3) is 2.42. The Labute approximate surface area is 73.9 Å². The molecular weight excluding hydrogens is 146 g/mol. The van der Waals surface area contributed by atoms with Gasteiger partial charge in [-0.3, -0.25) is 0 Å². The summed E-state index contributed by atoms with van der Waals surface area (Å²) in [5, 5.41) is 0. The van der Waals surface area contributed by atoms with Crippen LogP contribution in [0.4, 0.5) is 5.69 Å². The summed E-state index contributed by atoms with van der Waals surface area (Å²) in [7, 11) is 0. The molecule has 0 saturated carbocycles. The first-order valence-corrected chi connectivity index (χ1v) is 4.33. The van der Waals surface area contributed by atoms with Gasteiger partial charge in [0.05, 0.1) is 0 Å². The van der Waals surface area contributed by atoms with Gasteiger partial charge in [-0.1, -0.05) is 37.3 Å². The second-order valence-corrected chi connectivity index (χ2v) is 2.78. The summed E-state index contributed by atoms with van der Waals surface area (Å²) in [6, 6.07) is 7.98. The van der Waals surface area contributed by atoms with E-state index in [-0.39, 0.29) is 0 Å². The van der Waals surface area contributed by atoms with Crippen molar-refractivity contribution in [2.45, 2.75) is 19.8 Å².